The van der Waals surface area contributed by atoms with E-state index in [1.54, 1.807) is 17.7 Å². The number of carbonyl (C=O) groups is 2. The quantitative estimate of drug-likeness (QED) is 0.141. The van der Waals surface area contributed by atoms with Crippen LogP contribution in [0, 0.1) is 18.3 Å². The zero-order chi connectivity index (χ0) is 31.3. The van der Waals surface area contributed by atoms with E-state index in [2.05, 4.69) is 0 Å². The topological polar surface area (TPSA) is 88.2 Å². The molecule has 0 atom stereocenters. The summed E-state index contributed by atoms with van der Waals surface area (Å²) in [6, 6.07) is 36.9. The van der Waals surface area contributed by atoms with Gasteiger partial charge in [-0.3, -0.25) is 14.5 Å². The van der Waals surface area contributed by atoms with Gasteiger partial charge in [0.15, 0.2) is 0 Å². The van der Waals surface area contributed by atoms with Gasteiger partial charge in [0, 0.05) is 22.9 Å². The average molecular weight is 591 g/mol. The van der Waals surface area contributed by atoms with Crippen LogP contribution < -0.4 is 4.74 Å². The summed E-state index contributed by atoms with van der Waals surface area (Å²) >= 11 is 0. The molecule has 0 bridgehead atoms. The highest BCUT2D eigenvalue weighted by molar-refractivity contribution is 6.19. The standard InChI is InChI=1S/C38H30N4O3/c1-26-16-18-28(19-17-26)23-41-37(43)34(27(2)35(22-39)38(41)44)21-31-24-42(32-13-7-4-8-14-32)40-36(31)30-12-9-15-33(20-30)45-25-29-10-5-3-6-11-29/h3-21,24H,23,25H2,1-2H3/b34-21+. The van der Waals surface area contributed by atoms with Crippen molar-refractivity contribution in [2.45, 2.75) is 27.0 Å². The monoisotopic (exact) mass is 590 g/mol. The zero-order valence-electron chi connectivity index (χ0n) is 25.0. The molecule has 6 rings (SSSR count). The fourth-order valence-corrected chi connectivity index (χ4v) is 5.21. The molecule has 220 valence electrons. The van der Waals surface area contributed by atoms with Gasteiger partial charge in [0.1, 0.15) is 29.7 Å². The molecule has 1 aliphatic heterocycles. The molecule has 0 radical (unpaired) electrons. The van der Waals surface area contributed by atoms with Gasteiger partial charge >= 0.3 is 0 Å². The maximum absolute atomic E-state index is 13.9. The Morgan fingerprint density at radius 2 is 1.53 bits per heavy atom. The summed E-state index contributed by atoms with van der Waals surface area (Å²) < 4.78 is 7.85. The van der Waals surface area contributed by atoms with Crippen molar-refractivity contribution < 1.29 is 14.3 Å². The number of carbonyl (C=O) groups excluding carboxylic acids is 2. The predicted octanol–water partition coefficient (Wildman–Crippen LogP) is 7.22. The lowest BCUT2D eigenvalue weighted by Crippen LogP contribution is -2.42. The number of ether oxygens (including phenoxy) is 1. The molecule has 4 aromatic carbocycles. The number of hydrogen-bond donors (Lipinski definition) is 0. The molecular formula is C38H30N4O3. The molecule has 5 aromatic rings. The van der Waals surface area contributed by atoms with E-state index in [-0.39, 0.29) is 17.7 Å². The molecule has 0 unspecified atom stereocenters. The fraction of sp³-hybridized carbons (Fsp3) is 0.105. The molecule has 2 amide bonds. The van der Waals surface area contributed by atoms with E-state index in [0.717, 1.165) is 32.8 Å². The lowest BCUT2D eigenvalue weighted by Gasteiger charge is -2.27. The highest BCUT2D eigenvalue weighted by Gasteiger charge is 2.35. The largest absolute Gasteiger partial charge is 0.489 e. The van der Waals surface area contributed by atoms with Crippen LogP contribution in [0.15, 0.2) is 132 Å². The summed E-state index contributed by atoms with van der Waals surface area (Å²) in [5.41, 5.74) is 6.39. The Kier molecular flexibility index (Phi) is 8.21. The number of nitrogens with zero attached hydrogens (tertiary/aromatic N) is 4. The first-order valence-electron chi connectivity index (χ1n) is 14.6. The van der Waals surface area contributed by atoms with Gasteiger partial charge in [0.25, 0.3) is 11.8 Å². The van der Waals surface area contributed by atoms with Gasteiger partial charge in [-0.25, -0.2) is 4.68 Å². The molecule has 0 saturated carbocycles. The van der Waals surface area contributed by atoms with Crippen LogP contribution in [-0.4, -0.2) is 26.5 Å². The van der Waals surface area contributed by atoms with Crippen molar-refractivity contribution in [2.24, 2.45) is 0 Å². The van der Waals surface area contributed by atoms with Crippen molar-refractivity contribution in [3.8, 4) is 28.8 Å². The zero-order valence-corrected chi connectivity index (χ0v) is 25.0. The van der Waals surface area contributed by atoms with Crippen LogP contribution in [0.5, 0.6) is 5.75 Å². The second-order valence-electron chi connectivity index (χ2n) is 10.9. The third kappa shape index (κ3) is 6.22. The molecular weight excluding hydrogens is 560 g/mol. The molecule has 0 N–H and O–H groups in total. The lowest BCUT2D eigenvalue weighted by atomic mass is 9.93. The van der Waals surface area contributed by atoms with E-state index in [0.29, 0.717) is 29.2 Å². The van der Waals surface area contributed by atoms with Gasteiger partial charge in [-0.15, -0.1) is 0 Å². The first-order valence-corrected chi connectivity index (χ1v) is 14.6. The number of amides is 2. The van der Waals surface area contributed by atoms with Crippen molar-refractivity contribution in [1.29, 1.82) is 5.26 Å². The molecule has 7 nitrogen and oxygen atoms in total. The van der Waals surface area contributed by atoms with E-state index in [9.17, 15) is 14.9 Å². The van der Waals surface area contributed by atoms with Gasteiger partial charge in [0.2, 0.25) is 0 Å². The number of imide groups is 1. The first kappa shape index (κ1) is 29.1. The Morgan fingerprint density at radius 1 is 0.822 bits per heavy atom. The summed E-state index contributed by atoms with van der Waals surface area (Å²) in [7, 11) is 0. The Hall–Kier alpha value is -6.00. The van der Waals surface area contributed by atoms with Crippen LogP contribution >= 0.6 is 0 Å². The number of benzene rings is 4. The number of rotatable bonds is 8. The highest BCUT2D eigenvalue weighted by Crippen LogP contribution is 2.33. The molecule has 0 aliphatic carbocycles. The fourth-order valence-electron chi connectivity index (χ4n) is 5.21. The van der Waals surface area contributed by atoms with Crippen molar-refractivity contribution >= 4 is 17.9 Å². The van der Waals surface area contributed by atoms with Gasteiger partial charge in [-0.05, 0) is 60.9 Å². The Labute approximate surface area is 261 Å². The number of aromatic nitrogens is 2. The molecule has 1 aromatic heterocycles. The maximum Gasteiger partial charge on any atom is 0.271 e. The van der Waals surface area contributed by atoms with E-state index in [1.807, 2.05) is 128 Å². The van der Waals surface area contributed by atoms with Gasteiger partial charge < -0.3 is 4.74 Å². The van der Waals surface area contributed by atoms with E-state index >= 15 is 0 Å². The summed E-state index contributed by atoms with van der Waals surface area (Å²) in [5, 5.41) is 14.9. The Balaban J connectivity index is 1.42. The van der Waals surface area contributed by atoms with Crippen LogP contribution in [0.2, 0.25) is 0 Å². The normalized spacial score (nSPS) is 14.2. The van der Waals surface area contributed by atoms with Crippen molar-refractivity contribution in [3.63, 3.8) is 0 Å². The van der Waals surface area contributed by atoms with Crippen LogP contribution in [0.25, 0.3) is 23.0 Å². The third-order valence-corrected chi connectivity index (χ3v) is 7.71. The van der Waals surface area contributed by atoms with Gasteiger partial charge in [-0.2, -0.15) is 10.4 Å². The summed E-state index contributed by atoms with van der Waals surface area (Å²) in [4.78, 5) is 28.4. The third-order valence-electron chi connectivity index (χ3n) is 7.71. The number of aryl methyl sites for hydroxylation is 1. The van der Waals surface area contributed by atoms with Crippen molar-refractivity contribution in [3.05, 3.63) is 154 Å². The average Bonchev–Trinajstić information content (AvgIpc) is 3.50. The molecule has 0 saturated heterocycles. The van der Waals surface area contributed by atoms with Crippen molar-refractivity contribution in [1.82, 2.24) is 14.7 Å². The minimum atomic E-state index is -0.596. The molecule has 45 heavy (non-hydrogen) atoms. The van der Waals surface area contributed by atoms with Gasteiger partial charge in [-0.1, -0.05) is 90.5 Å². The van der Waals surface area contributed by atoms with Crippen LogP contribution in [-0.2, 0) is 22.7 Å². The van der Waals surface area contributed by atoms with Crippen molar-refractivity contribution in [2.75, 3.05) is 0 Å². The second-order valence-corrected chi connectivity index (χ2v) is 10.9. The summed E-state index contributed by atoms with van der Waals surface area (Å²) in [6.07, 6.45) is 3.57. The summed E-state index contributed by atoms with van der Waals surface area (Å²) in [5.74, 6) is -0.382. The molecule has 0 spiro atoms. The molecule has 7 heteroatoms. The summed E-state index contributed by atoms with van der Waals surface area (Å²) in [6.45, 7) is 4.09. The maximum atomic E-state index is 13.9. The minimum absolute atomic E-state index is 0.0544. The first-order chi connectivity index (χ1) is 21.9. The SMILES string of the molecule is CC1=C(C#N)C(=O)N(Cc2ccc(C)cc2)C(=O)/C1=C/c1cn(-c2ccccc2)nc1-c1cccc(OCc2ccccc2)c1. The lowest BCUT2D eigenvalue weighted by molar-refractivity contribution is -0.141. The highest BCUT2D eigenvalue weighted by atomic mass is 16.5. The molecule has 1 aliphatic rings. The number of hydrogen-bond acceptors (Lipinski definition) is 5. The number of para-hydroxylation sites is 1. The predicted molar refractivity (Wildman–Crippen MR) is 173 cm³/mol. The number of nitriles is 1. The molecule has 0 fully saturated rings. The van der Waals surface area contributed by atoms with E-state index < -0.39 is 11.8 Å². The van der Waals surface area contributed by atoms with Crippen LogP contribution in [0.3, 0.4) is 0 Å². The minimum Gasteiger partial charge on any atom is -0.489 e. The van der Waals surface area contributed by atoms with E-state index in [4.69, 9.17) is 9.84 Å². The Bertz CT molecular complexity index is 1980. The van der Waals surface area contributed by atoms with Crippen LogP contribution in [0.1, 0.15) is 29.2 Å². The van der Waals surface area contributed by atoms with Crippen LogP contribution in [0.4, 0.5) is 0 Å². The van der Waals surface area contributed by atoms with E-state index in [1.165, 1.54) is 0 Å². The second kappa shape index (κ2) is 12.7. The Morgan fingerprint density at radius 3 is 2.24 bits per heavy atom. The molecule has 2 heterocycles. The van der Waals surface area contributed by atoms with Gasteiger partial charge in [0.05, 0.1) is 12.2 Å². The smallest absolute Gasteiger partial charge is 0.271 e.